The maximum atomic E-state index is 6.36. The Kier molecular flexibility index (Phi) is 7.18. The molecule has 10 rings (SSSR count). The van der Waals surface area contributed by atoms with Gasteiger partial charge in [-0.25, -0.2) is 0 Å². The van der Waals surface area contributed by atoms with Crippen molar-refractivity contribution < 1.29 is 4.42 Å². The molecule has 0 saturated heterocycles. The number of furan rings is 1. The summed E-state index contributed by atoms with van der Waals surface area (Å²) in [5.74, 6) is 0. The van der Waals surface area contributed by atoms with Crippen molar-refractivity contribution in [2.24, 2.45) is 0 Å². The van der Waals surface area contributed by atoms with E-state index in [1.807, 2.05) is 12.1 Å². The highest BCUT2D eigenvalue weighted by molar-refractivity contribution is 6.13. The summed E-state index contributed by atoms with van der Waals surface area (Å²) in [4.78, 5) is 2.36. The van der Waals surface area contributed by atoms with Crippen LogP contribution in [0.2, 0.25) is 0 Å². The smallest absolute Gasteiger partial charge is 0.137 e. The largest absolute Gasteiger partial charge is 0.456 e. The Labute approximate surface area is 302 Å². The highest BCUT2D eigenvalue weighted by Crippen LogP contribution is 2.44. The minimum atomic E-state index is 0.872. The van der Waals surface area contributed by atoms with Gasteiger partial charge in [0.1, 0.15) is 11.2 Å². The molecule has 0 amide bonds. The van der Waals surface area contributed by atoms with Crippen molar-refractivity contribution in [3.8, 4) is 33.4 Å². The van der Waals surface area contributed by atoms with E-state index in [0.29, 0.717) is 0 Å². The SMILES string of the molecule is c1cc(-c2ccc3ccccc3c2)cc(N(c2ccc(-c3ccc(-c4cccc5ccccc45)cc3)cc2)c2cccc3oc4ccccc4c23)c1. The molecule has 10 aromatic rings. The van der Waals surface area contributed by atoms with E-state index in [1.54, 1.807) is 0 Å². The molecule has 52 heavy (non-hydrogen) atoms. The van der Waals surface area contributed by atoms with Crippen LogP contribution in [-0.4, -0.2) is 0 Å². The predicted molar refractivity (Wildman–Crippen MR) is 220 cm³/mol. The average molecular weight is 664 g/mol. The van der Waals surface area contributed by atoms with Gasteiger partial charge in [0.15, 0.2) is 0 Å². The summed E-state index contributed by atoms with van der Waals surface area (Å²) in [5.41, 5.74) is 12.2. The summed E-state index contributed by atoms with van der Waals surface area (Å²) in [7, 11) is 0. The molecule has 0 radical (unpaired) electrons. The first kappa shape index (κ1) is 30.0. The first-order chi connectivity index (χ1) is 25.8. The number of para-hydroxylation sites is 1. The number of anilines is 3. The summed E-state index contributed by atoms with van der Waals surface area (Å²) in [6, 6.07) is 71.7. The lowest BCUT2D eigenvalue weighted by molar-refractivity contribution is 0.669. The van der Waals surface area contributed by atoms with Gasteiger partial charge in [-0.15, -0.1) is 0 Å². The molecular weight excluding hydrogens is 631 g/mol. The molecule has 2 nitrogen and oxygen atoms in total. The molecule has 0 aliphatic rings. The Morgan fingerprint density at radius 3 is 1.77 bits per heavy atom. The van der Waals surface area contributed by atoms with Crippen molar-refractivity contribution in [3.05, 3.63) is 200 Å². The predicted octanol–water partition coefficient (Wildman–Crippen LogP) is 14.4. The van der Waals surface area contributed by atoms with Crippen molar-refractivity contribution in [1.29, 1.82) is 0 Å². The van der Waals surface area contributed by atoms with E-state index >= 15 is 0 Å². The molecule has 244 valence electrons. The summed E-state index contributed by atoms with van der Waals surface area (Å²) in [6.07, 6.45) is 0. The Hall–Kier alpha value is -6.90. The van der Waals surface area contributed by atoms with Gasteiger partial charge < -0.3 is 9.32 Å². The summed E-state index contributed by atoms with van der Waals surface area (Å²) < 4.78 is 6.36. The van der Waals surface area contributed by atoms with Crippen LogP contribution in [0.3, 0.4) is 0 Å². The lowest BCUT2D eigenvalue weighted by atomic mass is 9.96. The fourth-order valence-corrected chi connectivity index (χ4v) is 7.69. The maximum absolute atomic E-state index is 6.36. The van der Waals surface area contributed by atoms with Gasteiger partial charge in [-0.2, -0.15) is 0 Å². The third-order valence-corrected chi connectivity index (χ3v) is 10.3. The van der Waals surface area contributed by atoms with Gasteiger partial charge in [-0.3, -0.25) is 0 Å². The van der Waals surface area contributed by atoms with Crippen molar-refractivity contribution in [3.63, 3.8) is 0 Å². The summed E-state index contributed by atoms with van der Waals surface area (Å²) >= 11 is 0. The van der Waals surface area contributed by atoms with Crippen LogP contribution in [0.5, 0.6) is 0 Å². The molecule has 1 heterocycles. The van der Waals surface area contributed by atoms with Crippen molar-refractivity contribution >= 4 is 60.5 Å². The van der Waals surface area contributed by atoms with E-state index in [9.17, 15) is 0 Å². The van der Waals surface area contributed by atoms with Gasteiger partial charge in [-0.1, -0.05) is 152 Å². The van der Waals surface area contributed by atoms with Crippen LogP contribution in [0.1, 0.15) is 0 Å². The van der Waals surface area contributed by atoms with Crippen LogP contribution in [0, 0.1) is 0 Å². The first-order valence-corrected chi connectivity index (χ1v) is 17.8. The normalized spacial score (nSPS) is 11.5. The van der Waals surface area contributed by atoms with Gasteiger partial charge in [0.25, 0.3) is 0 Å². The van der Waals surface area contributed by atoms with Crippen molar-refractivity contribution in [1.82, 2.24) is 0 Å². The van der Waals surface area contributed by atoms with E-state index in [2.05, 4.69) is 193 Å². The zero-order valence-corrected chi connectivity index (χ0v) is 28.4. The van der Waals surface area contributed by atoms with Crippen molar-refractivity contribution in [2.75, 3.05) is 4.90 Å². The van der Waals surface area contributed by atoms with E-state index in [-0.39, 0.29) is 0 Å². The van der Waals surface area contributed by atoms with Crippen molar-refractivity contribution in [2.45, 2.75) is 0 Å². The highest BCUT2D eigenvalue weighted by atomic mass is 16.3. The third kappa shape index (κ3) is 5.21. The molecule has 0 fully saturated rings. The Morgan fingerprint density at radius 1 is 0.327 bits per heavy atom. The summed E-state index contributed by atoms with van der Waals surface area (Å²) in [6.45, 7) is 0. The van der Waals surface area contributed by atoms with E-state index in [4.69, 9.17) is 4.42 Å². The van der Waals surface area contributed by atoms with Crippen LogP contribution in [0.15, 0.2) is 205 Å². The van der Waals surface area contributed by atoms with Gasteiger partial charge in [0.2, 0.25) is 0 Å². The quantitative estimate of drug-likeness (QED) is 0.176. The second kappa shape index (κ2) is 12.5. The molecule has 0 aliphatic heterocycles. The van der Waals surface area contributed by atoms with Gasteiger partial charge >= 0.3 is 0 Å². The summed E-state index contributed by atoms with van der Waals surface area (Å²) in [5, 5.41) is 7.20. The topological polar surface area (TPSA) is 16.4 Å². The Balaban J connectivity index is 1.07. The van der Waals surface area contributed by atoms with Crippen LogP contribution in [0.25, 0.3) is 76.9 Å². The standard InChI is InChI=1S/C50H33NO/c1-2-12-39-32-41(27-24-34(39)10-1)40-14-7-15-43(33-40)51(47-19-9-21-49-50(47)46-17-5-6-20-48(46)52-49)42-30-28-36(29-31-42)35-22-25-38(26-23-35)45-18-8-13-37-11-3-4-16-44(37)45/h1-33H. The highest BCUT2D eigenvalue weighted by Gasteiger charge is 2.20. The fourth-order valence-electron chi connectivity index (χ4n) is 7.69. The second-order valence-electron chi connectivity index (χ2n) is 13.3. The average Bonchev–Trinajstić information content (AvgIpc) is 3.61. The maximum Gasteiger partial charge on any atom is 0.137 e. The number of benzene rings is 9. The molecule has 1 aromatic heterocycles. The molecule has 0 N–H and O–H groups in total. The molecule has 0 saturated carbocycles. The lowest BCUT2D eigenvalue weighted by Gasteiger charge is -2.27. The lowest BCUT2D eigenvalue weighted by Crippen LogP contribution is -2.10. The molecule has 0 atom stereocenters. The van der Waals surface area contributed by atoms with E-state index < -0.39 is 0 Å². The van der Waals surface area contributed by atoms with Crippen LogP contribution in [-0.2, 0) is 0 Å². The van der Waals surface area contributed by atoms with Crippen LogP contribution >= 0.6 is 0 Å². The number of hydrogen-bond donors (Lipinski definition) is 0. The minimum Gasteiger partial charge on any atom is -0.456 e. The monoisotopic (exact) mass is 663 g/mol. The third-order valence-electron chi connectivity index (χ3n) is 10.3. The van der Waals surface area contributed by atoms with E-state index in [0.717, 1.165) is 39.0 Å². The molecule has 0 aliphatic carbocycles. The van der Waals surface area contributed by atoms with Gasteiger partial charge in [-0.05, 0) is 103 Å². The van der Waals surface area contributed by atoms with Gasteiger partial charge in [0, 0.05) is 16.8 Å². The number of fused-ring (bicyclic) bond motifs is 5. The zero-order chi connectivity index (χ0) is 34.4. The number of rotatable bonds is 6. The molecule has 2 heteroatoms. The van der Waals surface area contributed by atoms with E-state index in [1.165, 1.54) is 54.9 Å². The molecule has 0 bridgehead atoms. The van der Waals surface area contributed by atoms with Gasteiger partial charge in [0.05, 0.1) is 11.1 Å². The Bertz CT molecular complexity index is 2890. The first-order valence-electron chi connectivity index (χ1n) is 17.8. The molecular formula is C50H33NO. The molecule has 0 spiro atoms. The number of nitrogens with zero attached hydrogens (tertiary/aromatic N) is 1. The fraction of sp³-hybridized carbons (Fsp3) is 0. The second-order valence-corrected chi connectivity index (χ2v) is 13.3. The van der Waals surface area contributed by atoms with Crippen LogP contribution < -0.4 is 4.90 Å². The molecule has 0 unspecified atom stereocenters. The Morgan fingerprint density at radius 2 is 0.923 bits per heavy atom. The number of hydrogen-bond acceptors (Lipinski definition) is 2. The van der Waals surface area contributed by atoms with Crippen LogP contribution in [0.4, 0.5) is 17.1 Å². The minimum absolute atomic E-state index is 0.872. The molecule has 9 aromatic carbocycles. The zero-order valence-electron chi connectivity index (χ0n) is 28.4.